The Morgan fingerprint density at radius 1 is 1.57 bits per heavy atom. The first-order valence-corrected chi connectivity index (χ1v) is 7.53. The van der Waals surface area contributed by atoms with Crippen molar-refractivity contribution in [2.24, 2.45) is 13.0 Å². The van der Waals surface area contributed by atoms with Crippen LogP contribution in [0.4, 0.5) is 0 Å². The van der Waals surface area contributed by atoms with Crippen LogP contribution < -0.4 is 5.32 Å². The molecule has 0 radical (unpaired) electrons. The van der Waals surface area contributed by atoms with Gasteiger partial charge in [0.15, 0.2) is 5.69 Å². The Bertz CT molecular complexity index is 702. The van der Waals surface area contributed by atoms with Gasteiger partial charge in [-0.25, -0.2) is 0 Å². The Balaban J connectivity index is 1.82. The maximum atomic E-state index is 12.5. The highest BCUT2D eigenvalue weighted by atomic mass is 16.5. The van der Waals surface area contributed by atoms with Gasteiger partial charge < -0.3 is 20.1 Å². The van der Waals surface area contributed by atoms with Crippen molar-refractivity contribution in [3.05, 3.63) is 35.0 Å². The van der Waals surface area contributed by atoms with Gasteiger partial charge in [-0.05, 0) is 25.7 Å². The number of hydrogen-bond donors (Lipinski definition) is 3. The van der Waals surface area contributed by atoms with Gasteiger partial charge in [0, 0.05) is 18.8 Å². The smallest absolute Gasteiger partial charge is 0.274 e. The van der Waals surface area contributed by atoms with Gasteiger partial charge in [-0.15, -0.1) is 0 Å². The van der Waals surface area contributed by atoms with E-state index in [1.807, 2.05) is 13.2 Å². The van der Waals surface area contributed by atoms with Crippen molar-refractivity contribution in [3.8, 4) is 0 Å². The number of nitrogens with zero attached hydrogens (tertiary/aromatic N) is 3. The van der Waals surface area contributed by atoms with Crippen molar-refractivity contribution in [1.29, 1.82) is 0 Å². The number of carbonyl (C=O) groups is 1. The third kappa shape index (κ3) is 2.99. The lowest BCUT2D eigenvalue weighted by atomic mass is 9.75. The Labute approximate surface area is 133 Å². The van der Waals surface area contributed by atoms with Crippen LogP contribution in [0.15, 0.2) is 16.9 Å². The zero-order valence-electron chi connectivity index (χ0n) is 13.1. The van der Waals surface area contributed by atoms with Crippen LogP contribution in [0.25, 0.3) is 0 Å². The van der Waals surface area contributed by atoms with Gasteiger partial charge in [0.05, 0.1) is 30.5 Å². The summed E-state index contributed by atoms with van der Waals surface area (Å²) in [4.78, 5) is 12.5. The summed E-state index contributed by atoms with van der Waals surface area (Å²) in [6, 6.07) is -0.261. The molecule has 3 N–H and O–H groups in total. The number of amides is 1. The van der Waals surface area contributed by atoms with Crippen molar-refractivity contribution < 1.29 is 19.5 Å². The molecule has 124 valence electrons. The first-order chi connectivity index (χ1) is 11.0. The summed E-state index contributed by atoms with van der Waals surface area (Å²) in [5, 5.41) is 29.7. The molecule has 2 aromatic rings. The third-order valence-corrected chi connectivity index (χ3v) is 4.35. The molecule has 1 saturated carbocycles. The zero-order chi connectivity index (χ0) is 16.6. The van der Waals surface area contributed by atoms with Gasteiger partial charge in [0.2, 0.25) is 0 Å². The van der Waals surface area contributed by atoms with Crippen molar-refractivity contribution in [3.63, 3.8) is 0 Å². The molecule has 1 aliphatic rings. The standard InChI is InChI=1S/C15H20N4O4/c1-8-12(7-20)14(18-23-8)15(22)17-13(9-3-11(21)4-9)10-5-16-19(2)6-10/h5-6,9,11,13,20-21H,3-4,7H2,1-2H3,(H,17,22)/t9?,11?,13-/m0/s1. The lowest BCUT2D eigenvalue weighted by Crippen LogP contribution is -2.41. The highest BCUT2D eigenvalue weighted by Crippen LogP contribution is 2.38. The molecule has 0 aliphatic heterocycles. The highest BCUT2D eigenvalue weighted by Gasteiger charge is 2.37. The third-order valence-electron chi connectivity index (χ3n) is 4.35. The Morgan fingerprint density at radius 3 is 2.87 bits per heavy atom. The molecular formula is C15H20N4O4. The van der Waals surface area contributed by atoms with Crippen LogP contribution in [0, 0.1) is 12.8 Å². The Morgan fingerprint density at radius 2 is 2.30 bits per heavy atom. The molecule has 1 amide bonds. The topological polar surface area (TPSA) is 113 Å². The minimum absolute atomic E-state index is 0.0961. The summed E-state index contributed by atoms with van der Waals surface area (Å²) < 4.78 is 6.66. The van der Waals surface area contributed by atoms with Crippen LogP contribution in [0.3, 0.4) is 0 Å². The molecule has 23 heavy (non-hydrogen) atoms. The maximum absolute atomic E-state index is 12.5. The fourth-order valence-corrected chi connectivity index (χ4v) is 2.94. The number of aromatic nitrogens is 3. The molecule has 8 nitrogen and oxygen atoms in total. The molecular weight excluding hydrogens is 300 g/mol. The molecule has 1 fully saturated rings. The number of aliphatic hydroxyl groups is 2. The minimum atomic E-state index is -0.402. The average molecular weight is 320 g/mol. The van der Waals surface area contributed by atoms with Gasteiger partial charge in [0.25, 0.3) is 5.91 Å². The molecule has 1 atom stereocenters. The lowest BCUT2D eigenvalue weighted by Gasteiger charge is -2.37. The van der Waals surface area contributed by atoms with E-state index in [4.69, 9.17) is 4.52 Å². The zero-order valence-corrected chi connectivity index (χ0v) is 13.1. The van der Waals surface area contributed by atoms with Crippen molar-refractivity contribution in [1.82, 2.24) is 20.3 Å². The van der Waals surface area contributed by atoms with Crippen LogP contribution in [0.2, 0.25) is 0 Å². The molecule has 0 bridgehead atoms. The number of aliphatic hydroxyl groups excluding tert-OH is 2. The van der Waals surface area contributed by atoms with E-state index < -0.39 is 5.91 Å². The van der Waals surface area contributed by atoms with Crippen LogP contribution in [-0.2, 0) is 13.7 Å². The van der Waals surface area contributed by atoms with Gasteiger partial charge in [-0.3, -0.25) is 9.48 Å². The number of hydrogen-bond acceptors (Lipinski definition) is 6. The van der Waals surface area contributed by atoms with E-state index in [-0.39, 0.29) is 30.4 Å². The molecule has 0 aromatic carbocycles. The van der Waals surface area contributed by atoms with E-state index in [0.717, 1.165) is 5.56 Å². The molecule has 2 aromatic heterocycles. The Kier molecular flexibility index (Phi) is 4.18. The van der Waals surface area contributed by atoms with Crippen LogP contribution in [-0.4, -0.2) is 37.2 Å². The largest absolute Gasteiger partial charge is 0.393 e. The van der Waals surface area contributed by atoms with E-state index in [1.54, 1.807) is 17.8 Å². The molecule has 0 unspecified atom stereocenters. The number of carbonyl (C=O) groups excluding carboxylic acids is 1. The number of nitrogens with one attached hydrogen (secondary N) is 1. The predicted molar refractivity (Wildman–Crippen MR) is 79.3 cm³/mol. The summed E-state index contributed by atoms with van der Waals surface area (Å²) in [5.74, 6) is 0.166. The van der Waals surface area contributed by atoms with Gasteiger partial charge in [0.1, 0.15) is 5.76 Å². The van der Waals surface area contributed by atoms with Gasteiger partial charge in [-0.1, -0.05) is 5.16 Å². The maximum Gasteiger partial charge on any atom is 0.274 e. The van der Waals surface area contributed by atoms with E-state index >= 15 is 0 Å². The van der Waals surface area contributed by atoms with E-state index in [0.29, 0.717) is 24.2 Å². The van der Waals surface area contributed by atoms with Crippen LogP contribution >= 0.6 is 0 Å². The first-order valence-electron chi connectivity index (χ1n) is 7.53. The molecule has 0 saturated heterocycles. The molecule has 8 heteroatoms. The van der Waals surface area contributed by atoms with Crippen molar-refractivity contribution in [2.75, 3.05) is 0 Å². The van der Waals surface area contributed by atoms with Crippen molar-refractivity contribution >= 4 is 5.91 Å². The average Bonchev–Trinajstić information content (AvgIpc) is 3.07. The second-order valence-electron chi connectivity index (χ2n) is 6.01. The lowest BCUT2D eigenvalue weighted by molar-refractivity contribution is 0.0234. The van der Waals surface area contributed by atoms with Crippen LogP contribution in [0.5, 0.6) is 0 Å². The monoisotopic (exact) mass is 320 g/mol. The summed E-state index contributed by atoms with van der Waals surface area (Å²) >= 11 is 0. The molecule has 2 heterocycles. The van der Waals surface area contributed by atoms with Gasteiger partial charge in [-0.2, -0.15) is 5.10 Å². The second-order valence-corrected chi connectivity index (χ2v) is 6.01. The molecule has 3 rings (SSSR count). The summed E-state index contributed by atoms with van der Waals surface area (Å²) in [6.07, 6.45) is 4.49. The fourth-order valence-electron chi connectivity index (χ4n) is 2.94. The second kappa shape index (κ2) is 6.13. The summed E-state index contributed by atoms with van der Waals surface area (Å²) in [5.41, 5.74) is 1.36. The summed E-state index contributed by atoms with van der Waals surface area (Å²) in [7, 11) is 1.81. The quantitative estimate of drug-likeness (QED) is 0.737. The fraction of sp³-hybridized carbons (Fsp3) is 0.533. The first kappa shape index (κ1) is 15.7. The Hall–Kier alpha value is -2.19. The number of aryl methyl sites for hydroxylation is 2. The number of rotatable bonds is 5. The van der Waals surface area contributed by atoms with Crippen LogP contribution in [0.1, 0.15) is 46.3 Å². The SMILES string of the molecule is Cc1onc(C(=O)N[C@H](c2cnn(C)c2)C2CC(O)C2)c1CO. The molecule has 1 aliphatic carbocycles. The summed E-state index contributed by atoms with van der Waals surface area (Å²) in [6.45, 7) is 1.34. The van der Waals surface area contributed by atoms with E-state index in [1.165, 1.54) is 0 Å². The van der Waals surface area contributed by atoms with Gasteiger partial charge >= 0.3 is 0 Å². The minimum Gasteiger partial charge on any atom is -0.393 e. The van der Waals surface area contributed by atoms with E-state index in [9.17, 15) is 15.0 Å². The normalized spacial score (nSPS) is 21.7. The van der Waals surface area contributed by atoms with E-state index in [2.05, 4.69) is 15.6 Å². The van der Waals surface area contributed by atoms with Crippen molar-refractivity contribution in [2.45, 2.75) is 38.5 Å². The predicted octanol–water partition coefficient (Wildman–Crippen LogP) is 0.451. The highest BCUT2D eigenvalue weighted by molar-refractivity contribution is 5.94. The molecule has 0 spiro atoms.